The lowest BCUT2D eigenvalue weighted by Gasteiger charge is -2.36. The summed E-state index contributed by atoms with van der Waals surface area (Å²) in [6, 6.07) is 4.57. The smallest absolute Gasteiger partial charge is 0.272 e. The van der Waals surface area contributed by atoms with Crippen molar-refractivity contribution in [1.29, 1.82) is 0 Å². The number of carbonyl (C=O) groups excluding carboxylic acids is 3. The Kier molecular flexibility index (Phi) is 4.81. The highest BCUT2D eigenvalue weighted by Gasteiger charge is 2.51. The fourth-order valence-corrected chi connectivity index (χ4v) is 4.71. The largest absolute Gasteiger partial charge is 0.480 e. The predicted octanol–water partition coefficient (Wildman–Crippen LogP) is 2.32. The number of aromatic amines is 1. The predicted molar refractivity (Wildman–Crippen MR) is 130 cm³/mol. The average molecular weight is 537 g/mol. The van der Waals surface area contributed by atoms with Crippen molar-refractivity contribution >= 4 is 28.6 Å². The molecule has 0 bridgehead atoms. The monoisotopic (exact) mass is 536 g/mol. The molecule has 1 aromatic carbocycles. The lowest BCUT2D eigenvalue weighted by molar-refractivity contribution is -0.159. The third kappa shape index (κ3) is 4.63. The van der Waals surface area contributed by atoms with E-state index in [-0.39, 0.29) is 23.4 Å². The van der Waals surface area contributed by atoms with Gasteiger partial charge in [0.15, 0.2) is 5.69 Å². The molecule has 0 unspecified atom stereocenters. The minimum atomic E-state index is -2.99. The zero-order valence-electron chi connectivity index (χ0n) is 25.6. The molecular weight excluding hydrogens is 505 g/mol. The van der Waals surface area contributed by atoms with E-state index >= 15 is 0 Å². The van der Waals surface area contributed by atoms with Crippen LogP contribution in [0.1, 0.15) is 41.9 Å². The van der Waals surface area contributed by atoms with E-state index in [0.29, 0.717) is 16.5 Å². The number of carbonyl (C=O) groups is 3. The molecule has 2 fully saturated rings. The summed E-state index contributed by atoms with van der Waals surface area (Å²) in [5.74, 6) is -6.94. The van der Waals surface area contributed by atoms with Gasteiger partial charge in [-0.15, -0.1) is 0 Å². The summed E-state index contributed by atoms with van der Waals surface area (Å²) in [6.07, 6.45) is -1.73. The number of amides is 3. The van der Waals surface area contributed by atoms with E-state index in [1.165, 1.54) is 30.5 Å². The minimum absolute atomic E-state index is 0.168. The Morgan fingerprint density at radius 3 is 2.74 bits per heavy atom. The number of nitrogens with one attached hydrogen (secondary N) is 3. The molecule has 3 aromatic rings. The molecule has 38 heavy (non-hydrogen) atoms. The number of benzene rings is 1. The average Bonchev–Trinajstić information content (AvgIpc) is 3.48. The Morgan fingerprint density at radius 1 is 1.18 bits per heavy atom. The van der Waals surface area contributed by atoms with Crippen molar-refractivity contribution < 1.29 is 40.5 Å². The first-order valence-corrected chi connectivity index (χ1v) is 11.5. The maximum Gasteiger partial charge on any atom is 0.272 e. The van der Waals surface area contributed by atoms with Gasteiger partial charge in [-0.25, -0.2) is 18.2 Å². The van der Waals surface area contributed by atoms with Gasteiger partial charge in [0.2, 0.25) is 17.7 Å². The molecule has 5 rings (SSSR count). The molecule has 13 heteroatoms. The number of rotatable bonds is 6. The highest BCUT2D eigenvalue weighted by Crippen LogP contribution is 2.43. The number of halogens is 3. The van der Waals surface area contributed by atoms with Crippen molar-refractivity contribution in [2.24, 2.45) is 5.92 Å². The molecule has 2 atom stereocenters. The number of hydrogen-bond donors (Lipinski definition) is 3. The van der Waals surface area contributed by atoms with E-state index in [9.17, 15) is 27.6 Å². The number of pyridine rings is 1. The van der Waals surface area contributed by atoms with Gasteiger partial charge in [0, 0.05) is 53.5 Å². The summed E-state index contributed by atoms with van der Waals surface area (Å²) in [4.78, 5) is 43.2. The van der Waals surface area contributed by atoms with Crippen LogP contribution in [-0.4, -0.2) is 83.0 Å². The number of methoxy groups -OCH3 is 1. The number of H-pyrrole nitrogens is 1. The van der Waals surface area contributed by atoms with E-state index in [0.717, 1.165) is 4.90 Å². The summed E-state index contributed by atoms with van der Waals surface area (Å²) in [5.41, 5.74) is 0.496. The van der Waals surface area contributed by atoms with E-state index in [1.54, 1.807) is 0 Å². The van der Waals surface area contributed by atoms with E-state index in [1.807, 2.05) is 5.32 Å². The molecule has 2 aromatic heterocycles. The van der Waals surface area contributed by atoms with Crippen LogP contribution in [0.3, 0.4) is 0 Å². The van der Waals surface area contributed by atoms with Crippen LogP contribution in [0.2, 0.25) is 0 Å². The molecule has 10 nitrogen and oxygen atoms in total. The van der Waals surface area contributed by atoms with Gasteiger partial charge in [-0.2, -0.15) is 5.10 Å². The van der Waals surface area contributed by atoms with Crippen molar-refractivity contribution in [2.75, 3.05) is 27.1 Å². The van der Waals surface area contributed by atoms with Gasteiger partial charge in [-0.1, -0.05) is 6.07 Å². The van der Waals surface area contributed by atoms with Crippen LogP contribution in [0.15, 0.2) is 30.5 Å². The van der Waals surface area contributed by atoms with Crippen molar-refractivity contribution in [3.8, 4) is 17.0 Å². The quantitative estimate of drug-likeness (QED) is 0.444. The molecule has 3 amide bonds. The van der Waals surface area contributed by atoms with Crippen LogP contribution in [-0.2, 0) is 4.79 Å². The molecule has 200 valence electrons. The minimum Gasteiger partial charge on any atom is -0.480 e. The van der Waals surface area contributed by atoms with Crippen molar-refractivity contribution in [1.82, 2.24) is 30.7 Å². The number of alkyl halides is 3. The first kappa shape index (κ1) is 19.0. The lowest BCUT2D eigenvalue weighted by Crippen LogP contribution is -2.47. The van der Waals surface area contributed by atoms with Gasteiger partial charge in [-0.05, 0) is 23.8 Å². The van der Waals surface area contributed by atoms with Gasteiger partial charge in [0.1, 0.15) is 11.7 Å². The molecule has 1 aliphatic heterocycles. The fourth-order valence-electron chi connectivity index (χ4n) is 4.71. The summed E-state index contributed by atoms with van der Waals surface area (Å²) < 4.78 is 90.1. The third-order valence-electron chi connectivity index (χ3n) is 6.73. The highest BCUT2D eigenvalue weighted by molar-refractivity contribution is 6.05. The maximum atomic E-state index is 14.9. The fraction of sp³-hybridized carbons (Fsp3) is 0.400. The molecule has 0 spiro atoms. The standard InChI is InChI=1S/C25H25F3N6O4/c1-29-22(36)20-15-4-3-12(6-18(15)32-33-20)13-5-16(23(38-2)30-9-13)21(35)31-19-11-34(10-17(19)26)24(37)14-7-25(27,28)8-14/h3-6,9,14,17,19H,7-8,10-11H2,1-2H3,(H,29,36)(H,31,35)(H,32,33)/t17-,19+/m0/s1/i1D3,2D3. The van der Waals surface area contributed by atoms with Crippen LogP contribution in [0.4, 0.5) is 13.2 Å². The molecular formula is C25H25F3N6O4. The molecule has 3 N–H and O–H groups in total. The second-order valence-corrected chi connectivity index (χ2v) is 9.27. The number of aromatic nitrogens is 3. The molecule has 2 aliphatic rings. The zero-order valence-corrected chi connectivity index (χ0v) is 19.6. The first-order chi connectivity index (χ1) is 20.4. The number of fused-ring (bicyclic) bond motifs is 1. The first-order valence-electron chi connectivity index (χ1n) is 14.5. The van der Waals surface area contributed by atoms with E-state index in [4.69, 9.17) is 13.0 Å². The van der Waals surface area contributed by atoms with Gasteiger partial charge in [0.05, 0.1) is 29.3 Å². The Morgan fingerprint density at radius 2 is 2.00 bits per heavy atom. The second-order valence-electron chi connectivity index (χ2n) is 9.27. The van der Waals surface area contributed by atoms with Crippen molar-refractivity contribution in [3.63, 3.8) is 0 Å². The van der Waals surface area contributed by atoms with Crippen molar-refractivity contribution in [2.45, 2.75) is 31.0 Å². The van der Waals surface area contributed by atoms with Gasteiger partial charge in [0.25, 0.3) is 11.8 Å². The summed E-state index contributed by atoms with van der Waals surface area (Å²) in [6.45, 7) is -3.41. The van der Waals surface area contributed by atoms with Crippen LogP contribution in [0.25, 0.3) is 22.0 Å². The number of ether oxygens (including phenoxy) is 1. The molecule has 3 heterocycles. The lowest BCUT2D eigenvalue weighted by atomic mass is 9.80. The Hall–Kier alpha value is -4.16. The third-order valence-corrected chi connectivity index (χ3v) is 6.73. The van der Waals surface area contributed by atoms with Gasteiger partial charge >= 0.3 is 0 Å². The normalized spacial score (nSPS) is 23.7. The summed E-state index contributed by atoms with van der Waals surface area (Å²) in [5, 5.41) is 11.1. The molecule has 1 aliphatic carbocycles. The topological polar surface area (TPSA) is 129 Å². The van der Waals surface area contributed by atoms with Crippen LogP contribution in [0.5, 0.6) is 5.88 Å². The van der Waals surface area contributed by atoms with E-state index in [2.05, 4.69) is 20.5 Å². The number of hydrogen-bond acceptors (Lipinski definition) is 6. The number of nitrogens with zero attached hydrogens (tertiary/aromatic N) is 3. The van der Waals surface area contributed by atoms with Gasteiger partial charge in [-0.3, -0.25) is 19.5 Å². The Labute approximate surface area is 223 Å². The van der Waals surface area contributed by atoms with Crippen LogP contribution >= 0.6 is 0 Å². The van der Waals surface area contributed by atoms with E-state index < -0.39 is 81.1 Å². The molecule has 0 radical (unpaired) electrons. The Bertz CT molecular complexity index is 1620. The Balaban J connectivity index is 1.38. The molecule has 1 saturated heterocycles. The van der Waals surface area contributed by atoms with Crippen LogP contribution in [0, 0.1) is 5.92 Å². The second kappa shape index (κ2) is 9.62. The number of likely N-dealkylation sites (tertiary alicyclic amines) is 1. The highest BCUT2D eigenvalue weighted by atomic mass is 19.3. The zero-order chi connectivity index (χ0) is 32.2. The van der Waals surface area contributed by atoms with Gasteiger partial charge < -0.3 is 20.3 Å². The SMILES string of the molecule is [2H]C([2H])([2H])NC(=O)c1n[nH]c2cc(-c3cnc(OC([2H])([2H])[2H])c(C(=O)N[C@@H]4CN(C(=O)C5CC(F)(F)C5)C[C@@H]4F)c3)ccc12. The molecule has 1 saturated carbocycles. The van der Waals surface area contributed by atoms with Crippen LogP contribution < -0.4 is 15.4 Å². The summed E-state index contributed by atoms with van der Waals surface area (Å²) >= 11 is 0. The maximum absolute atomic E-state index is 14.9. The summed E-state index contributed by atoms with van der Waals surface area (Å²) in [7, 11) is -2.99. The van der Waals surface area contributed by atoms with Crippen molar-refractivity contribution in [3.05, 3.63) is 41.7 Å².